The molecule has 2 heterocycles. The van der Waals surface area contributed by atoms with Crippen LogP contribution in [0.25, 0.3) is 5.69 Å². The molecule has 2 aromatic carbocycles. The average Bonchev–Trinajstić information content (AvgIpc) is 3.29. The first-order chi connectivity index (χ1) is 13.1. The van der Waals surface area contributed by atoms with E-state index in [-0.39, 0.29) is 16.8 Å². The van der Waals surface area contributed by atoms with Crippen LogP contribution in [-0.4, -0.2) is 45.0 Å². The van der Waals surface area contributed by atoms with E-state index in [1.807, 2.05) is 0 Å². The summed E-state index contributed by atoms with van der Waals surface area (Å²) < 4.78 is 6.49. The van der Waals surface area contributed by atoms with Gasteiger partial charge in [-0.25, -0.2) is 9.48 Å². The third-order valence-corrected chi connectivity index (χ3v) is 3.95. The van der Waals surface area contributed by atoms with Crippen LogP contribution in [0.15, 0.2) is 54.7 Å². The number of hydroxylamine groups is 2. The zero-order chi connectivity index (χ0) is 19.0. The third kappa shape index (κ3) is 2.80. The maximum Gasteiger partial charge on any atom is 0.385 e. The highest BCUT2D eigenvalue weighted by Gasteiger charge is 2.39. The lowest BCUT2D eigenvalue weighted by Gasteiger charge is -2.11. The van der Waals surface area contributed by atoms with E-state index in [0.717, 1.165) is 0 Å². The summed E-state index contributed by atoms with van der Waals surface area (Å²) in [5.41, 5.74) is 0.807. The Bertz CT molecular complexity index is 1040. The second kappa shape index (κ2) is 6.37. The summed E-state index contributed by atoms with van der Waals surface area (Å²) in [5.74, 6) is -1.77. The molecule has 27 heavy (non-hydrogen) atoms. The molecular formula is C18H12N4O5. The van der Waals surface area contributed by atoms with E-state index >= 15 is 0 Å². The van der Waals surface area contributed by atoms with Gasteiger partial charge < -0.3 is 9.57 Å². The summed E-state index contributed by atoms with van der Waals surface area (Å²) >= 11 is 0. The number of imide groups is 1. The average molecular weight is 364 g/mol. The molecule has 0 N–H and O–H groups in total. The SMILES string of the molecule is COc1cccc(-n2cc(C(=O)ON3C(=O)c4ccccc4C3=O)nn2)c1. The summed E-state index contributed by atoms with van der Waals surface area (Å²) in [7, 11) is 1.53. The Kier molecular flexibility index (Phi) is 3.88. The van der Waals surface area contributed by atoms with Crippen LogP contribution in [-0.2, 0) is 4.84 Å². The van der Waals surface area contributed by atoms with Gasteiger partial charge in [0.1, 0.15) is 5.75 Å². The molecule has 1 aromatic heterocycles. The fraction of sp³-hybridized carbons (Fsp3) is 0.0556. The van der Waals surface area contributed by atoms with Gasteiger partial charge in [-0.05, 0) is 24.3 Å². The van der Waals surface area contributed by atoms with Crippen molar-refractivity contribution in [3.05, 3.63) is 71.5 Å². The van der Waals surface area contributed by atoms with Crippen LogP contribution in [0.4, 0.5) is 0 Å². The van der Waals surface area contributed by atoms with Crippen LogP contribution in [0, 0.1) is 0 Å². The van der Waals surface area contributed by atoms with Crippen LogP contribution in [0.2, 0.25) is 0 Å². The molecule has 3 aromatic rings. The fourth-order valence-corrected chi connectivity index (χ4v) is 2.62. The van der Waals surface area contributed by atoms with Gasteiger partial charge in [-0.2, -0.15) is 0 Å². The predicted molar refractivity (Wildman–Crippen MR) is 90.3 cm³/mol. The highest BCUT2D eigenvalue weighted by Crippen LogP contribution is 2.23. The van der Waals surface area contributed by atoms with Gasteiger partial charge in [0.15, 0.2) is 5.69 Å². The number of aromatic nitrogens is 3. The molecule has 0 bridgehead atoms. The van der Waals surface area contributed by atoms with Gasteiger partial charge in [-0.3, -0.25) is 9.59 Å². The van der Waals surface area contributed by atoms with E-state index in [4.69, 9.17) is 9.57 Å². The number of hydrogen-bond acceptors (Lipinski definition) is 7. The number of rotatable bonds is 4. The maximum absolute atomic E-state index is 12.3. The van der Waals surface area contributed by atoms with E-state index in [9.17, 15) is 14.4 Å². The van der Waals surface area contributed by atoms with Gasteiger partial charge in [0.05, 0.1) is 30.1 Å². The monoisotopic (exact) mass is 364 g/mol. The lowest BCUT2D eigenvalue weighted by molar-refractivity contribution is -0.0588. The summed E-state index contributed by atoms with van der Waals surface area (Å²) in [6.07, 6.45) is 1.33. The number of nitrogens with zero attached hydrogens (tertiary/aromatic N) is 4. The van der Waals surface area contributed by atoms with Crippen molar-refractivity contribution in [2.24, 2.45) is 0 Å². The standard InChI is InChI=1S/C18H12N4O5/c1-26-12-6-4-5-11(9-12)21-10-15(19-20-21)18(25)27-22-16(23)13-7-2-3-8-14(13)17(22)24/h2-10H,1H3. The van der Waals surface area contributed by atoms with Gasteiger partial charge >= 0.3 is 5.97 Å². The lowest BCUT2D eigenvalue weighted by atomic mass is 10.1. The largest absolute Gasteiger partial charge is 0.497 e. The second-order valence-corrected chi connectivity index (χ2v) is 5.58. The molecule has 9 nitrogen and oxygen atoms in total. The van der Waals surface area contributed by atoms with Crippen LogP contribution in [0.5, 0.6) is 5.75 Å². The molecule has 0 radical (unpaired) electrons. The molecule has 9 heteroatoms. The summed E-state index contributed by atoms with van der Waals surface area (Å²) in [4.78, 5) is 41.7. The number of fused-ring (bicyclic) bond motifs is 1. The Balaban J connectivity index is 1.54. The molecule has 0 unspecified atom stereocenters. The minimum Gasteiger partial charge on any atom is -0.497 e. The normalized spacial score (nSPS) is 12.9. The van der Waals surface area contributed by atoms with Crippen LogP contribution in [0.3, 0.4) is 0 Å². The van der Waals surface area contributed by atoms with Gasteiger partial charge in [-0.15, -0.1) is 5.10 Å². The van der Waals surface area contributed by atoms with Gasteiger partial charge in [0, 0.05) is 6.07 Å². The van der Waals surface area contributed by atoms with Crippen molar-refractivity contribution in [3.8, 4) is 11.4 Å². The molecule has 0 aliphatic carbocycles. The minimum absolute atomic E-state index is 0.158. The smallest absolute Gasteiger partial charge is 0.385 e. The minimum atomic E-state index is -0.973. The quantitative estimate of drug-likeness (QED) is 0.648. The Hall–Kier alpha value is -4.01. The van der Waals surface area contributed by atoms with E-state index in [1.54, 1.807) is 36.4 Å². The summed E-state index contributed by atoms with van der Waals surface area (Å²) in [6, 6.07) is 13.2. The Morgan fingerprint density at radius 2 is 1.70 bits per heavy atom. The molecule has 4 rings (SSSR count). The van der Waals surface area contributed by atoms with Gasteiger partial charge in [0.2, 0.25) is 0 Å². The highest BCUT2D eigenvalue weighted by molar-refractivity contribution is 6.21. The molecule has 1 aliphatic heterocycles. The van der Waals surface area contributed by atoms with Crippen molar-refractivity contribution in [2.75, 3.05) is 7.11 Å². The first kappa shape index (κ1) is 16.5. The van der Waals surface area contributed by atoms with Crippen molar-refractivity contribution in [2.45, 2.75) is 0 Å². The number of amides is 2. The Labute approximate surface area is 152 Å². The predicted octanol–water partition coefficient (Wildman–Crippen LogP) is 1.64. The molecule has 0 atom stereocenters. The molecule has 1 aliphatic rings. The number of hydrogen-bond donors (Lipinski definition) is 0. The third-order valence-electron chi connectivity index (χ3n) is 3.95. The van der Waals surface area contributed by atoms with Crippen LogP contribution >= 0.6 is 0 Å². The summed E-state index contributed by atoms with van der Waals surface area (Å²) in [5, 5.41) is 8.02. The zero-order valence-corrected chi connectivity index (χ0v) is 14.0. The number of carbonyl (C=O) groups is 3. The molecule has 0 fully saturated rings. The number of benzene rings is 2. The number of methoxy groups -OCH3 is 1. The van der Waals surface area contributed by atoms with E-state index in [1.165, 1.54) is 30.1 Å². The van der Waals surface area contributed by atoms with Crippen molar-refractivity contribution >= 4 is 17.8 Å². The first-order valence-electron chi connectivity index (χ1n) is 7.85. The van der Waals surface area contributed by atoms with Gasteiger partial charge in [0.25, 0.3) is 11.8 Å². The highest BCUT2D eigenvalue weighted by atomic mass is 16.7. The zero-order valence-electron chi connectivity index (χ0n) is 14.0. The fourth-order valence-electron chi connectivity index (χ4n) is 2.62. The Morgan fingerprint density at radius 1 is 1.00 bits per heavy atom. The maximum atomic E-state index is 12.3. The molecule has 134 valence electrons. The number of carbonyl (C=O) groups excluding carboxylic acids is 3. The van der Waals surface area contributed by atoms with Crippen molar-refractivity contribution < 1.29 is 24.0 Å². The molecule has 0 spiro atoms. The summed E-state index contributed by atoms with van der Waals surface area (Å²) in [6.45, 7) is 0. The molecule has 0 saturated carbocycles. The van der Waals surface area contributed by atoms with Crippen molar-refractivity contribution in [1.29, 1.82) is 0 Å². The first-order valence-corrected chi connectivity index (χ1v) is 7.85. The second-order valence-electron chi connectivity index (χ2n) is 5.58. The topological polar surface area (TPSA) is 104 Å². The van der Waals surface area contributed by atoms with Gasteiger partial charge in [-0.1, -0.05) is 28.5 Å². The Morgan fingerprint density at radius 3 is 2.37 bits per heavy atom. The van der Waals surface area contributed by atoms with Crippen LogP contribution < -0.4 is 4.74 Å². The molecule has 2 amide bonds. The lowest BCUT2D eigenvalue weighted by Crippen LogP contribution is -2.32. The van der Waals surface area contributed by atoms with Crippen LogP contribution in [0.1, 0.15) is 31.2 Å². The van der Waals surface area contributed by atoms with E-state index in [0.29, 0.717) is 16.5 Å². The van der Waals surface area contributed by atoms with Crippen molar-refractivity contribution in [1.82, 2.24) is 20.1 Å². The van der Waals surface area contributed by atoms with E-state index < -0.39 is 17.8 Å². The number of ether oxygens (including phenoxy) is 1. The van der Waals surface area contributed by atoms with Crippen molar-refractivity contribution in [3.63, 3.8) is 0 Å². The molecular weight excluding hydrogens is 352 g/mol. The van der Waals surface area contributed by atoms with E-state index in [2.05, 4.69) is 10.3 Å². The molecule has 0 saturated heterocycles.